The first-order valence-electron chi connectivity index (χ1n) is 10.3. The summed E-state index contributed by atoms with van der Waals surface area (Å²) in [4.78, 5) is 18.2. The highest BCUT2D eigenvalue weighted by Gasteiger charge is 2.21. The Morgan fingerprint density at radius 1 is 1.09 bits per heavy atom. The normalized spacial score (nSPS) is 11.2. The molecule has 0 aliphatic rings. The quantitative estimate of drug-likeness (QED) is 0.451. The van der Waals surface area contributed by atoms with Crippen LogP contribution < -0.4 is 14.8 Å². The molecule has 3 aromatic heterocycles. The predicted molar refractivity (Wildman–Crippen MR) is 123 cm³/mol. The third kappa shape index (κ3) is 3.79. The summed E-state index contributed by atoms with van der Waals surface area (Å²) < 4.78 is 18.1. The van der Waals surface area contributed by atoms with Gasteiger partial charge in [0.15, 0.2) is 17.1 Å². The van der Waals surface area contributed by atoms with Crippen LogP contribution in [-0.4, -0.2) is 34.9 Å². The number of carbonyl (C=O) groups excluding carboxylic acids is 1. The molecular formula is C24H26N4O4. The zero-order valence-corrected chi connectivity index (χ0v) is 19.0. The summed E-state index contributed by atoms with van der Waals surface area (Å²) in [5, 5.41) is 8.10. The first-order chi connectivity index (χ1) is 15.3. The Kier molecular flexibility index (Phi) is 5.61. The molecule has 0 aliphatic carbocycles. The van der Waals surface area contributed by atoms with Gasteiger partial charge < -0.3 is 19.2 Å². The van der Waals surface area contributed by atoms with Gasteiger partial charge in [-0.05, 0) is 52.0 Å². The standard InChI is InChI=1S/C24H26N4O4/c1-13(2)28-23-19(12-25-28)18(11-20(27-23)17-9-14(3)32-15(17)4)24(29)26-16-7-8-21(30-5)22(10-16)31-6/h7-13H,1-6H3,(H,26,29). The molecule has 0 fully saturated rings. The van der Waals surface area contributed by atoms with Crippen molar-refractivity contribution in [3.05, 3.63) is 53.6 Å². The Labute approximate surface area is 186 Å². The zero-order chi connectivity index (χ0) is 23.0. The summed E-state index contributed by atoms with van der Waals surface area (Å²) >= 11 is 0. The molecule has 8 nitrogen and oxygen atoms in total. The van der Waals surface area contributed by atoms with E-state index in [-0.39, 0.29) is 11.9 Å². The maximum atomic E-state index is 13.4. The number of fused-ring (bicyclic) bond motifs is 1. The van der Waals surface area contributed by atoms with Crippen LogP contribution in [0.4, 0.5) is 5.69 Å². The predicted octanol–water partition coefficient (Wildman–Crippen LogP) is 5.16. The average molecular weight is 434 g/mol. The van der Waals surface area contributed by atoms with Crippen molar-refractivity contribution in [2.75, 3.05) is 19.5 Å². The lowest BCUT2D eigenvalue weighted by atomic mass is 10.1. The molecule has 0 spiro atoms. The molecule has 0 saturated carbocycles. The third-order valence-electron chi connectivity index (χ3n) is 5.26. The molecule has 32 heavy (non-hydrogen) atoms. The van der Waals surface area contributed by atoms with Crippen molar-refractivity contribution >= 4 is 22.6 Å². The fourth-order valence-corrected chi connectivity index (χ4v) is 3.72. The van der Waals surface area contributed by atoms with Crippen LogP contribution in [0.25, 0.3) is 22.3 Å². The second-order valence-electron chi connectivity index (χ2n) is 7.83. The van der Waals surface area contributed by atoms with Gasteiger partial charge in [-0.2, -0.15) is 5.10 Å². The van der Waals surface area contributed by atoms with Gasteiger partial charge in [-0.1, -0.05) is 0 Å². The van der Waals surface area contributed by atoms with E-state index >= 15 is 0 Å². The van der Waals surface area contributed by atoms with E-state index in [1.807, 2.05) is 38.4 Å². The lowest BCUT2D eigenvalue weighted by Crippen LogP contribution is -2.13. The highest BCUT2D eigenvalue weighted by Crippen LogP contribution is 2.32. The number of hydrogen-bond acceptors (Lipinski definition) is 6. The number of aryl methyl sites for hydroxylation is 2. The summed E-state index contributed by atoms with van der Waals surface area (Å²) in [6, 6.07) is 9.02. The summed E-state index contributed by atoms with van der Waals surface area (Å²) in [5.74, 6) is 2.38. The van der Waals surface area contributed by atoms with Crippen LogP contribution >= 0.6 is 0 Å². The Morgan fingerprint density at radius 2 is 1.84 bits per heavy atom. The van der Waals surface area contributed by atoms with Crippen molar-refractivity contribution in [3.8, 4) is 22.8 Å². The van der Waals surface area contributed by atoms with Crippen LogP contribution in [0.2, 0.25) is 0 Å². The largest absolute Gasteiger partial charge is 0.493 e. The molecule has 0 atom stereocenters. The minimum absolute atomic E-state index is 0.0872. The highest BCUT2D eigenvalue weighted by atomic mass is 16.5. The molecule has 0 bridgehead atoms. The highest BCUT2D eigenvalue weighted by molar-refractivity contribution is 6.12. The number of benzene rings is 1. The number of rotatable bonds is 6. The summed E-state index contributed by atoms with van der Waals surface area (Å²) in [7, 11) is 3.12. The number of pyridine rings is 1. The maximum Gasteiger partial charge on any atom is 0.256 e. The second-order valence-corrected chi connectivity index (χ2v) is 7.83. The van der Waals surface area contributed by atoms with Crippen molar-refractivity contribution in [3.63, 3.8) is 0 Å². The van der Waals surface area contributed by atoms with Crippen LogP contribution in [-0.2, 0) is 0 Å². The van der Waals surface area contributed by atoms with Crippen molar-refractivity contribution in [1.82, 2.24) is 14.8 Å². The molecule has 0 unspecified atom stereocenters. The van der Waals surface area contributed by atoms with E-state index in [9.17, 15) is 4.79 Å². The van der Waals surface area contributed by atoms with E-state index in [0.29, 0.717) is 39.5 Å². The molecule has 3 heterocycles. The summed E-state index contributed by atoms with van der Waals surface area (Å²) in [6.07, 6.45) is 1.68. The lowest BCUT2D eigenvalue weighted by Gasteiger charge is -2.12. The van der Waals surface area contributed by atoms with E-state index in [0.717, 1.165) is 17.1 Å². The average Bonchev–Trinajstić information content (AvgIpc) is 3.35. The third-order valence-corrected chi connectivity index (χ3v) is 5.26. The number of anilines is 1. The number of aromatic nitrogens is 3. The van der Waals surface area contributed by atoms with Crippen LogP contribution in [0.5, 0.6) is 11.5 Å². The minimum atomic E-state index is -0.271. The molecule has 0 saturated heterocycles. The Hall–Kier alpha value is -3.81. The van der Waals surface area contributed by atoms with Gasteiger partial charge in [0.1, 0.15) is 11.5 Å². The van der Waals surface area contributed by atoms with E-state index in [2.05, 4.69) is 10.4 Å². The Bertz CT molecular complexity index is 1300. The van der Waals surface area contributed by atoms with Crippen LogP contribution in [0.3, 0.4) is 0 Å². The number of methoxy groups -OCH3 is 2. The van der Waals surface area contributed by atoms with Gasteiger partial charge >= 0.3 is 0 Å². The summed E-state index contributed by atoms with van der Waals surface area (Å²) in [5.41, 5.74) is 3.22. The summed E-state index contributed by atoms with van der Waals surface area (Å²) in [6.45, 7) is 7.82. The fourth-order valence-electron chi connectivity index (χ4n) is 3.72. The number of nitrogens with one attached hydrogen (secondary N) is 1. The molecule has 166 valence electrons. The van der Waals surface area contributed by atoms with Gasteiger partial charge in [0, 0.05) is 23.4 Å². The minimum Gasteiger partial charge on any atom is -0.493 e. The monoisotopic (exact) mass is 434 g/mol. The fraction of sp³-hybridized carbons (Fsp3) is 0.292. The molecule has 4 rings (SSSR count). The Morgan fingerprint density at radius 3 is 2.47 bits per heavy atom. The number of ether oxygens (including phenoxy) is 2. The number of carbonyl (C=O) groups is 1. The zero-order valence-electron chi connectivity index (χ0n) is 19.0. The second kappa shape index (κ2) is 8.37. The molecular weight excluding hydrogens is 408 g/mol. The van der Waals surface area contributed by atoms with Gasteiger partial charge in [-0.15, -0.1) is 0 Å². The van der Waals surface area contributed by atoms with E-state index in [1.165, 1.54) is 0 Å². The molecule has 1 aromatic carbocycles. The molecule has 1 N–H and O–H groups in total. The number of nitrogens with zero attached hydrogens (tertiary/aromatic N) is 3. The first kappa shape index (κ1) is 21.4. The maximum absolute atomic E-state index is 13.4. The van der Waals surface area contributed by atoms with Crippen molar-refractivity contribution in [1.29, 1.82) is 0 Å². The van der Waals surface area contributed by atoms with Crippen LogP contribution in [0.1, 0.15) is 41.8 Å². The van der Waals surface area contributed by atoms with E-state index < -0.39 is 0 Å². The first-order valence-corrected chi connectivity index (χ1v) is 10.3. The van der Waals surface area contributed by atoms with Gasteiger partial charge in [-0.3, -0.25) is 4.79 Å². The van der Waals surface area contributed by atoms with Crippen molar-refractivity contribution < 1.29 is 18.7 Å². The lowest BCUT2D eigenvalue weighted by molar-refractivity contribution is 0.102. The van der Waals surface area contributed by atoms with E-state index in [1.54, 1.807) is 44.7 Å². The molecule has 8 heteroatoms. The number of furan rings is 1. The van der Waals surface area contributed by atoms with Crippen LogP contribution in [0.15, 0.2) is 40.9 Å². The molecule has 0 aliphatic heterocycles. The smallest absolute Gasteiger partial charge is 0.256 e. The van der Waals surface area contributed by atoms with Gasteiger partial charge in [0.25, 0.3) is 5.91 Å². The SMILES string of the molecule is COc1ccc(NC(=O)c2cc(-c3cc(C)oc3C)nc3c2cnn3C(C)C)cc1OC. The number of hydrogen-bond donors (Lipinski definition) is 1. The van der Waals surface area contributed by atoms with Gasteiger partial charge in [0.2, 0.25) is 0 Å². The molecule has 1 amide bonds. The van der Waals surface area contributed by atoms with Crippen molar-refractivity contribution in [2.24, 2.45) is 0 Å². The van der Waals surface area contributed by atoms with E-state index in [4.69, 9.17) is 18.9 Å². The van der Waals surface area contributed by atoms with Crippen LogP contribution in [0, 0.1) is 13.8 Å². The van der Waals surface area contributed by atoms with Gasteiger partial charge in [0.05, 0.1) is 37.1 Å². The van der Waals surface area contributed by atoms with Crippen molar-refractivity contribution in [2.45, 2.75) is 33.7 Å². The molecule has 4 aromatic rings. The van der Waals surface area contributed by atoms with Gasteiger partial charge in [-0.25, -0.2) is 9.67 Å². The molecule has 0 radical (unpaired) electrons. The topological polar surface area (TPSA) is 91.4 Å². The Balaban J connectivity index is 1.82. The number of amides is 1.